The van der Waals surface area contributed by atoms with Crippen molar-refractivity contribution in [2.24, 2.45) is 5.73 Å². The second kappa shape index (κ2) is 5.56. The molecule has 6 heteroatoms. The fourth-order valence-corrected chi connectivity index (χ4v) is 1.18. The van der Waals surface area contributed by atoms with E-state index in [4.69, 9.17) is 10.5 Å². The van der Waals surface area contributed by atoms with Crippen LogP contribution in [0.25, 0.3) is 0 Å². The van der Waals surface area contributed by atoms with Gasteiger partial charge in [-0.2, -0.15) is 13.2 Å². The van der Waals surface area contributed by atoms with Gasteiger partial charge in [0.25, 0.3) is 0 Å². The lowest BCUT2D eigenvalue weighted by Gasteiger charge is -2.08. The van der Waals surface area contributed by atoms with Crippen LogP contribution in [0, 0.1) is 0 Å². The highest BCUT2D eigenvalue weighted by Gasteiger charge is 2.26. The predicted octanol–water partition coefficient (Wildman–Crippen LogP) is 2.51. The van der Waals surface area contributed by atoms with Crippen LogP contribution in [0.15, 0.2) is 24.3 Å². The van der Waals surface area contributed by atoms with E-state index >= 15 is 0 Å². The standard InChI is InChI=1S/C11H12F3NO2/c12-11(13,14)6-1-7-17-9-4-2-8(3-5-9)10(15)16/h2-5H,1,6-7H2,(H2,15,16). The van der Waals surface area contributed by atoms with Crippen molar-refractivity contribution in [2.45, 2.75) is 19.0 Å². The zero-order valence-corrected chi connectivity index (χ0v) is 8.96. The van der Waals surface area contributed by atoms with Crippen LogP contribution in [0.4, 0.5) is 13.2 Å². The average molecular weight is 247 g/mol. The number of primary amides is 1. The smallest absolute Gasteiger partial charge is 0.389 e. The molecule has 1 amide bonds. The summed E-state index contributed by atoms with van der Waals surface area (Å²) in [5, 5.41) is 0. The number of hydrogen-bond donors (Lipinski definition) is 1. The summed E-state index contributed by atoms with van der Waals surface area (Å²) in [6.07, 6.45) is -5.12. The minimum atomic E-state index is -4.15. The second-order valence-corrected chi connectivity index (χ2v) is 3.46. The van der Waals surface area contributed by atoms with E-state index in [9.17, 15) is 18.0 Å². The lowest BCUT2D eigenvalue weighted by Crippen LogP contribution is -2.11. The Kier molecular flexibility index (Phi) is 4.37. The van der Waals surface area contributed by atoms with E-state index in [-0.39, 0.29) is 13.0 Å². The minimum Gasteiger partial charge on any atom is -0.494 e. The molecule has 0 unspecified atom stereocenters. The highest BCUT2D eigenvalue weighted by Crippen LogP contribution is 2.21. The third-order valence-corrected chi connectivity index (χ3v) is 2.01. The number of hydrogen-bond acceptors (Lipinski definition) is 2. The summed E-state index contributed by atoms with van der Waals surface area (Å²) in [4.78, 5) is 10.7. The van der Waals surface area contributed by atoms with Crippen molar-refractivity contribution in [3.8, 4) is 5.75 Å². The van der Waals surface area contributed by atoms with Gasteiger partial charge in [-0.05, 0) is 30.7 Å². The van der Waals surface area contributed by atoms with Crippen molar-refractivity contribution in [1.82, 2.24) is 0 Å². The van der Waals surface area contributed by atoms with Crippen molar-refractivity contribution in [3.05, 3.63) is 29.8 Å². The summed E-state index contributed by atoms with van der Waals surface area (Å²) in [5.74, 6) is -0.147. The zero-order chi connectivity index (χ0) is 12.9. The van der Waals surface area contributed by atoms with Crippen molar-refractivity contribution in [3.63, 3.8) is 0 Å². The third-order valence-electron chi connectivity index (χ3n) is 2.01. The van der Waals surface area contributed by atoms with Crippen LogP contribution in [0.1, 0.15) is 23.2 Å². The van der Waals surface area contributed by atoms with Crippen LogP contribution in [0.2, 0.25) is 0 Å². The molecule has 17 heavy (non-hydrogen) atoms. The van der Waals surface area contributed by atoms with Crippen molar-refractivity contribution >= 4 is 5.91 Å². The number of rotatable bonds is 5. The first-order valence-corrected chi connectivity index (χ1v) is 4.98. The van der Waals surface area contributed by atoms with Crippen LogP contribution in [-0.2, 0) is 0 Å². The Balaban J connectivity index is 2.35. The fourth-order valence-electron chi connectivity index (χ4n) is 1.18. The maximum absolute atomic E-state index is 11.8. The van der Waals surface area contributed by atoms with Gasteiger partial charge in [-0.3, -0.25) is 4.79 Å². The fraction of sp³-hybridized carbons (Fsp3) is 0.364. The monoisotopic (exact) mass is 247 g/mol. The molecule has 0 atom stereocenters. The van der Waals surface area contributed by atoms with Gasteiger partial charge < -0.3 is 10.5 Å². The molecular weight excluding hydrogens is 235 g/mol. The van der Waals surface area contributed by atoms with Crippen molar-refractivity contribution in [2.75, 3.05) is 6.61 Å². The Morgan fingerprint density at radius 2 is 1.82 bits per heavy atom. The van der Waals surface area contributed by atoms with Gasteiger partial charge in [-0.15, -0.1) is 0 Å². The lowest BCUT2D eigenvalue weighted by atomic mass is 10.2. The molecule has 0 bridgehead atoms. The van der Waals surface area contributed by atoms with Crippen LogP contribution in [-0.4, -0.2) is 18.7 Å². The molecule has 0 aliphatic heterocycles. The molecule has 3 nitrogen and oxygen atoms in total. The SMILES string of the molecule is NC(=O)c1ccc(OCCCC(F)(F)F)cc1. The molecule has 0 saturated carbocycles. The predicted molar refractivity (Wildman–Crippen MR) is 55.7 cm³/mol. The molecule has 0 aliphatic rings. The van der Waals surface area contributed by atoms with E-state index in [1.807, 2.05) is 0 Å². The molecule has 94 valence electrons. The maximum atomic E-state index is 11.8. The van der Waals surface area contributed by atoms with E-state index in [0.717, 1.165) is 0 Å². The first-order chi connectivity index (χ1) is 7.88. The Hall–Kier alpha value is -1.72. The van der Waals surface area contributed by atoms with Crippen molar-refractivity contribution < 1.29 is 22.7 Å². The molecule has 2 N–H and O–H groups in total. The molecule has 0 radical (unpaired) electrons. The molecule has 1 rings (SSSR count). The molecule has 0 saturated heterocycles. The number of alkyl halides is 3. The van der Waals surface area contributed by atoms with Crippen LogP contribution >= 0.6 is 0 Å². The van der Waals surface area contributed by atoms with E-state index in [0.29, 0.717) is 11.3 Å². The maximum Gasteiger partial charge on any atom is 0.389 e. The Morgan fingerprint density at radius 1 is 1.24 bits per heavy atom. The summed E-state index contributed by atoms with van der Waals surface area (Å²) >= 11 is 0. The number of benzene rings is 1. The number of carbonyl (C=O) groups excluding carboxylic acids is 1. The quantitative estimate of drug-likeness (QED) is 0.813. The highest BCUT2D eigenvalue weighted by atomic mass is 19.4. The normalized spacial score (nSPS) is 11.2. The Labute approximate surface area is 96.4 Å². The third kappa shape index (κ3) is 5.24. The molecule has 1 aromatic rings. The summed E-state index contributed by atoms with van der Waals surface area (Å²) < 4.78 is 40.5. The van der Waals surface area contributed by atoms with Gasteiger partial charge in [-0.25, -0.2) is 0 Å². The summed E-state index contributed by atoms with van der Waals surface area (Å²) in [7, 11) is 0. The molecule has 0 heterocycles. The number of halogens is 3. The van der Waals surface area contributed by atoms with E-state index in [1.54, 1.807) is 0 Å². The van der Waals surface area contributed by atoms with E-state index < -0.39 is 18.5 Å². The summed E-state index contributed by atoms with van der Waals surface area (Å²) in [6.45, 7) is -0.0184. The van der Waals surface area contributed by atoms with Gasteiger partial charge in [0.05, 0.1) is 6.61 Å². The van der Waals surface area contributed by atoms with Crippen LogP contribution < -0.4 is 10.5 Å². The molecule has 0 fully saturated rings. The van der Waals surface area contributed by atoms with Gasteiger partial charge >= 0.3 is 6.18 Å². The lowest BCUT2D eigenvalue weighted by molar-refractivity contribution is -0.136. The number of carbonyl (C=O) groups is 1. The zero-order valence-electron chi connectivity index (χ0n) is 8.96. The van der Waals surface area contributed by atoms with Gasteiger partial charge in [0.2, 0.25) is 5.91 Å². The van der Waals surface area contributed by atoms with Gasteiger partial charge in [0.15, 0.2) is 0 Å². The van der Waals surface area contributed by atoms with E-state index in [2.05, 4.69) is 0 Å². The molecular formula is C11H12F3NO2. The first kappa shape index (κ1) is 13.3. The largest absolute Gasteiger partial charge is 0.494 e. The van der Waals surface area contributed by atoms with Gasteiger partial charge in [0, 0.05) is 12.0 Å². The Bertz CT molecular complexity index is 373. The number of ether oxygens (including phenoxy) is 1. The molecule has 0 spiro atoms. The second-order valence-electron chi connectivity index (χ2n) is 3.46. The van der Waals surface area contributed by atoms with Gasteiger partial charge in [-0.1, -0.05) is 0 Å². The van der Waals surface area contributed by atoms with Gasteiger partial charge in [0.1, 0.15) is 5.75 Å². The number of nitrogens with two attached hydrogens (primary N) is 1. The Morgan fingerprint density at radius 3 is 2.29 bits per heavy atom. The van der Waals surface area contributed by atoms with Crippen LogP contribution in [0.3, 0.4) is 0 Å². The van der Waals surface area contributed by atoms with E-state index in [1.165, 1.54) is 24.3 Å². The number of amides is 1. The molecule has 0 aliphatic carbocycles. The minimum absolute atomic E-state index is 0.0184. The van der Waals surface area contributed by atoms with Crippen LogP contribution in [0.5, 0.6) is 5.75 Å². The summed E-state index contributed by atoms with van der Waals surface area (Å²) in [6, 6.07) is 5.91. The summed E-state index contributed by atoms with van der Waals surface area (Å²) in [5.41, 5.74) is 5.36. The topological polar surface area (TPSA) is 52.3 Å². The highest BCUT2D eigenvalue weighted by molar-refractivity contribution is 5.92. The first-order valence-electron chi connectivity index (χ1n) is 4.98. The molecule has 1 aromatic carbocycles. The van der Waals surface area contributed by atoms with Crippen molar-refractivity contribution in [1.29, 1.82) is 0 Å². The average Bonchev–Trinajstić information content (AvgIpc) is 2.24. The molecule has 0 aromatic heterocycles.